The van der Waals surface area contributed by atoms with E-state index in [2.05, 4.69) is 10.6 Å². The molecule has 0 saturated carbocycles. The maximum absolute atomic E-state index is 12.5. The van der Waals surface area contributed by atoms with Crippen molar-refractivity contribution in [1.82, 2.24) is 0 Å². The fraction of sp³-hybridized carbons (Fsp3) is 0.391. The smallest absolute Gasteiger partial charge is 0.255 e. The van der Waals surface area contributed by atoms with Crippen molar-refractivity contribution in [2.24, 2.45) is 5.41 Å². The van der Waals surface area contributed by atoms with Crippen LogP contribution in [0.3, 0.4) is 0 Å². The van der Waals surface area contributed by atoms with Crippen LogP contribution in [0, 0.1) is 5.41 Å². The van der Waals surface area contributed by atoms with Crippen LogP contribution >= 0.6 is 0 Å². The lowest BCUT2D eigenvalue weighted by Gasteiger charge is -2.18. The topological polar surface area (TPSA) is 76.7 Å². The first-order valence-corrected chi connectivity index (χ1v) is 9.88. The van der Waals surface area contributed by atoms with Crippen molar-refractivity contribution in [3.8, 4) is 5.75 Å². The minimum Gasteiger partial charge on any atom is -0.491 e. The van der Waals surface area contributed by atoms with Gasteiger partial charge in [0, 0.05) is 29.0 Å². The summed E-state index contributed by atoms with van der Waals surface area (Å²) in [6, 6.07) is 14.1. The molecule has 3 rings (SSSR count). The molecule has 6 nitrogen and oxygen atoms in total. The highest BCUT2D eigenvalue weighted by atomic mass is 16.5. The van der Waals surface area contributed by atoms with Gasteiger partial charge in [0.25, 0.3) is 5.91 Å². The molecule has 0 spiro atoms. The summed E-state index contributed by atoms with van der Waals surface area (Å²) in [5.74, 6) is 0.401. The number of carbonyl (C=O) groups excluding carboxylic acids is 2. The number of ether oxygens (including phenoxy) is 2. The lowest BCUT2D eigenvalue weighted by atomic mass is 9.95. The van der Waals surface area contributed by atoms with E-state index in [-0.39, 0.29) is 17.9 Å². The Morgan fingerprint density at radius 2 is 1.76 bits per heavy atom. The summed E-state index contributed by atoms with van der Waals surface area (Å²) < 4.78 is 11.3. The molecule has 29 heavy (non-hydrogen) atoms. The normalized spacial score (nSPS) is 16.3. The molecular formula is C23H28N2O4. The molecule has 1 aliphatic heterocycles. The zero-order valence-electron chi connectivity index (χ0n) is 17.2. The molecular weight excluding hydrogens is 368 g/mol. The van der Waals surface area contributed by atoms with Gasteiger partial charge in [0.15, 0.2) is 0 Å². The second-order valence-electron chi connectivity index (χ2n) is 8.21. The fourth-order valence-electron chi connectivity index (χ4n) is 2.86. The number of hydrogen-bond acceptors (Lipinski definition) is 4. The third kappa shape index (κ3) is 6.06. The van der Waals surface area contributed by atoms with Crippen LogP contribution in [-0.2, 0) is 9.53 Å². The Balaban J connectivity index is 1.57. The molecule has 2 aromatic rings. The fourth-order valence-corrected chi connectivity index (χ4v) is 2.86. The molecule has 0 unspecified atom stereocenters. The van der Waals surface area contributed by atoms with Gasteiger partial charge in [-0.1, -0.05) is 26.8 Å². The third-order valence-corrected chi connectivity index (χ3v) is 4.64. The zero-order chi connectivity index (χ0) is 20.9. The second kappa shape index (κ2) is 9.09. The number of benzene rings is 2. The van der Waals surface area contributed by atoms with E-state index in [9.17, 15) is 9.59 Å². The van der Waals surface area contributed by atoms with Gasteiger partial charge >= 0.3 is 0 Å². The van der Waals surface area contributed by atoms with Crippen LogP contribution in [0.2, 0.25) is 0 Å². The predicted molar refractivity (Wildman–Crippen MR) is 113 cm³/mol. The highest BCUT2D eigenvalue weighted by molar-refractivity contribution is 6.04. The van der Waals surface area contributed by atoms with Crippen LogP contribution in [0.25, 0.3) is 0 Å². The number of hydrogen-bond donors (Lipinski definition) is 2. The maximum atomic E-state index is 12.5. The van der Waals surface area contributed by atoms with Crippen LogP contribution in [0.5, 0.6) is 5.75 Å². The molecule has 0 aliphatic carbocycles. The van der Waals surface area contributed by atoms with Crippen LogP contribution in [0.4, 0.5) is 11.4 Å². The summed E-state index contributed by atoms with van der Waals surface area (Å²) in [4.78, 5) is 24.7. The van der Waals surface area contributed by atoms with Crippen molar-refractivity contribution in [2.45, 2.75) is 39.7 Å². The molecule has 1 heterocycles. The molecule has 2 aromatic carbocycles. The number of anilines is 2. The van der Waals surface area contributed by atoms with Gasteiger partial charge in [-0.05, 0) is 55.3 Å². The average molecular weight is 396 g/mol. The van der Waals surface area contributed by atoms with E-state index in [1.54, 1.807) is 48.5 Å². The van der Waals surface area contributed by atoms with Crippen LogP contribution in [0.15, 0.2) is 48.5 Å². The summed E-state index contributed by atoms with van der Waals surface area (Å²) in [6.45, 7) is 6.87. The van der Waals surface area contributed by atoms with Crippen molar-refractivity contribution in [3.05, 3.63) is 54.1 Å². The number of carbonyl (C=O) groups is 2. The van der Waals surface area contributed by atoms with Crippen molar-refractivity contribution >= 4 is 23.2 Å². The monoisotopic (exact) mass is 396 g/mol. The van der Waals surface area contributed by atoms with Crippen molar-refractivity contribution in [1.29, 1.82) is 0 Å². The molecule has 0 aromatic heterocycles. The Morgan fingerprint density at radius 1 is 1.07 bits per heavy atom. The van der Waals surface area contributed by atoms with Crippen LogP contribution in [-0.4, -0.2) is 31.1 Å². The van der Waals surface area contributed by atoms with E-state index in [1.165, 1.54) is 0 Å². The summed E-state index contributed by atoms with van der Waals surface area (Å²) in [5.41, 5.74) is 1.28. The largest absolute Gasteiger partial charge is 0.491 e. The van der Waals surface area contributed by atoms with Crippen molar-refractivity contribution in [3.63, 3.8) is 0 Å². The Morgan fingerprint density at radius 3 is 2.38 bits per heavy atom. The maximum Gasteiger partial charge on any atom is 0.255 e. The Hall–Kier alpha value is -2.86. The van der Waals surface area contributed by atoms with Crippen molar-refractivity contribution in [2.75, 3.05) is 23.8 Å². The first kappa shape index (κ1) is 20.9. The first-order chi connectivity index (χ1) is 13.8. The molecule has 154 valence electrons. The minimum atomic E-state index is -0.493. The Labute approximate surface area is 171 Å². The van der Waals surface area contributed by atoms with Crippen LogP contribution in [0.1, 0.15) is 44.0 Å². The average Bonchev–Trinajstić information content (AvgIpc) is 3.20. The summed E-state index contributed by atoms with van der Waals surface area (Å²) >= 11 is 0. The van der Waals surface area contributed by atoms with E-state index in [0.717, 1.165) is 19.4 Å². The number of amides is 2. The van der Waals surface area contributed by atoms with Gasteiger partial charge in [-0.3, -0.25) is 9.59 Å². The van der Waals surface area contributed by atoms with E-state index in [1.807, 2.05) is 20.8 Å². The van der Waals surface area contributed by atoms with Gasteiger partial charge in [0.1, 0.15) is 12.4 Å². The quantitative estimate of drug-likeness (QED) is 0.755. The second-order valence-corrected chi connectivity index (χ2v) is 8.21. The van der Waals surface area contributed by atoms with Gasteiger partial charge in [-0.15, -0.1) is 0 Å². The lowest BCUT2D eigenvalue weighted by molar-refractivity contribution is -0.123. The zero-order valence-corrected chi connectivity index (χ0v) is 17.2. The first-order valence-electron chi connectivity index (χ1n) is 9.88. The molecule has 0 radical (unpaired) electrons. The molecule has 1 fully saturated rings. The standard InChI is InChI=1S/C23H28N2O4/c1-23(2,3)22(27)25-18-7-4-6-17(14-18)24-21(26)16-9-11-19(12-10-16)29-15-20-8-5-13-28-20/h4,6-7,9-12,14,20H,5,8,13,15H2,1-3H3,(H,24,26)(H,25,27)/t20-/m0/s1. The molecule has 2 N–H and O–H groups in total. The molecule has 1 saturated heterocycles. The van der Waals surface area contributed by atoms with E-state index in [0.29, 0.717) is 29.3 Å². The van der Waals surface area contributed by atoms with Gasteiger partial charge in [0.05, 0.1) is 6.10 Å². The predicted octanol–water partition coefficient (Wildman–Crippen LogP) is 4.48. The van der Waals surface area contributed by atoms with Crippen molar-refractivity contribution < 1.29 is 19.1 Å². The highest BCUT2D eigenvalue weighted by Gasteiger charge is 2.21. The Kier molecular flexibility index (Phi) is 6.54. The van der Waals surface area contributed by atoms with Gasteiger partial charge in [-0.2, -0.15) is 0 Å². The third-order valence-electron chi connectivity index (χ3n) is 4.64. The molecule has 6 heteroatoms. The molecule has 1 aliphatic rings. The molecule has 0 bridgehead atoms. The Bertz CT molecular complexity index is 850. The van der Waals surface area contributed by atoms with E-state index >= 15 is 0 Å². The van der Waals surface area contributed by atoms with Gasteiger partial charge in [0.2, 0.25) is 5.91 Å². The molecule has 2 amide bonds. The van der Waals surface area contributed by atoms with E-state index in [4.69, 9.17) is 9.47 Å². The minimum absolute atomic E-state index is 0.0837. The SMILES string of the molecule is CC(C)(C)C(=O)Nc1cccc(NC(=O)c2ccc(OC[C@@H]3CCCO3)cc2)c1. The highest BCUT2D eigenvalue weighted by Crippen LogP contribution is 2.21. The number of rotatable bonds is 6. The van der Waals surface area contributed by atoms with E-state index < -0.39 is 5.41 Å². The summed E-state index contributed by atoms with van der Waals surface area (Å²) in [7, 11) is 0. The number of nitrogens with one attached hydrogen (secondary N) is 2. The van der Waals surface area contributed by atoms with Gasteiger partial charge < -0.3 is 20.1 Å². The van der Waals surface area contributed by atoms with Crippen LogP contribution < -0.4 is 15.4 Å². The summed E-state index contributed by atoms with van der Waals surface area (Å²) in [5, 5.41) is 5.72. The molecule has 1 atom stereocenters. The lowest BCUT2D eigenvalue weighted by Crippen LogP contribution is -2.27. The van der Waals surface area contributed by atoms with Gasteiger partial charge in [-0.25, -0.2) is 0 Å². The summed E-state index contributed by atoms with van der Waals surface area (Å²) in [6.07, 6.45) is 2.26.